The number of rotatable bonds is 6. The normalized spacial score (nSPS) is 12.5. The summed E-state index contributed by atoms with van der Waals surface area (Å²) in [7, 11) is -3.80. The third kappa shape index (κ3) is 6.56. The van der Waals surface area contributed by atoms with Crippen molar-refractivity contribution in [3.8, 4) is 45.1 Å². The van der Waals surface area contributed by atoms with E-state index in [9.17, 15) is 39.2 Å². The first kappa shape index (κ1) is 29.8. The summed E-state index contributed by atoms with van der Waals surface area (Å²) in [5, 5.41) is 3.62. The van der Waals surface area contributed by atoms with Crippen LogP contribution in [0.5, 0.6) is 5.75 Å². The van der Waals surface area contributed by atoms with Crippen molar-refractivity contribution in [1.29, 1.82) is 0 Å². The maximum Gasteiger partial charge on any atom is 0.573 e. The van der Waals surface area contributed by atoms with Crippen LogP contribution in [-0.2, 0) is 16.0 Å². The van der Waals surface area contributed by atoms with Crippen LogP contribution in [0.4, 0.5) is 30.7 Å². The van der Waals surface area contributed by atoms with E-state index in [-0.39, 0.29) is 50.2 Å². The number of alkyl halides is 6. The zero-order valence-corrected chi connectivity index (χ0v) is 22.8. The van der Waals surface area contributed by atoms with Gasteiger partial charge >= 0.3 is 12.5 Å². The number of oxazole rings is 1. The van der Waals surface area contributed by atoms with E-state index in [0.717, 1.165) is 47.5 Å². The van der Waals surface area contributed by atoms with Crippen molar-refractivity contribution in [3.05, 3.63) is 90.3 Å². The summed E-state index contributed by atoms with van der Waals surface area (Å²) in [6.45, 7) is 1.48. The van der Waals surface area contributed by atoms with Gasteiger partial charge in [0.25, 0.3) is 0 Å². The van der Waals surface area contributed by atoms with Crippen molar-refractivity contribution in [2.24, 2.45) is 0 Å². The maximum absolute atomic E-state index is 14.5. The van der Waals surface area contributed by atoms with E-state index in [1.54, 1.807) is 0 Å². The van der Waals surface area contributed by atoms with E-state index in [4.69, 9.17) is 4.42 Å². The number of hydrogen-bond acceptors (Lipinski definition) is 6. The van der Waals surface area contributed by atoms with Crippen LogP contribution in [0.3, 0.4) is 0 Å². The minimum Gasteiger partial charge on any atom is -0.440 e. The predicted molar refractivity (Wildman–Crippen MR) is 139 cm³/mol. The van der Waals surface area contributed by atoms with Crippen LogP contribution < -0.4 is 4.74 Å². The Morgan fingerprint density at radius 3 is 2.14 bits per heavy atom. The fourth-order valence-corrected chi connectivity index (χ4v) is 4.94. The lowest BCUT2D eigenvalue weighted by Gasteiger charge is -2.13. The summed E-state index contributed by atoms with van der Waals surface area (Å²) in [6.07, 6.45) is -7.69. The number of aryl methyl sites for hydroxylation is 1. The summed E-state index contributed by atoms with van der Waals surface area (Å²) >= 11 is 0. The van der Waals surface area contributed by atoms with Gasteiger partial charge in [-0.05, 0) is 71.8 Å². The largest absolute Gasteiger partial charge is 0.573 e. The van der Waals surface area contributed by atoms with Gasteiger partial charge in [0.05, 0.1) is 10.6 Å². The fraction of sp³-hybridized carbons (Fsp3) is 0.143. The van der Waals surface area contributed by atoms with Crippen molar-refractivity contribution in [2.75, 3.05) is 6.26 Å². The van der Waals surface area contributed by atoms with E-state index in [2.05, 4.69) is 14.8 Å². The average Bonchev–Trinajstić information content (AvgIpc) is 3.54. The van der Waals surface area contributed by atoms with Crippen molar-refractivity contribution >= 4 is 9.84 Å². The quantitative estimate of drug-likeness (QED) is 0.180. The van der Waals surface area contributed by atoms with Crippen LogP contribution in [-0.4, -0.2) is 35.8 Å². The minimum absolute atomic E-state index is 0.00244. The Kier molecular flexibility index (Phi) is 7.32. The van der Waals surface area contributed by atoms with Crippen LogP contribution in [0.2, 0.25) is 0 Å². The highest BCUT2D eigenvalue weighted by Gasteiger charge is 2.34. The highest BCUT2D eigenvalue weighted by Crippen LogP contribution is 2.40. The molecule has 0 N–H and O–H groups in total. The van der Waals surface area contributed by atoms with Crippen molar-refractivity contribution in [2.45, 2.75) is 24.4 Å². The van der Waals surface area contributed by atoms with Crippen molar-refractivity contribution in [1.82, 2.24) is 14.8 Å². The third-order valence-electron chi connectivity index (χ3n) is 6.10. The Bertz CT molecular complexity index is 1930. The topological polar surface area (TPSA) is 87.2 Å². The van der Waals surface area contributed by atoms with E-state index in [1.807, 2.05) is 0 Å². The Hall–Kier alpha value is -4.66. The third-order valence-corrected chi connectivity index (χ3v) is 7.19. The first-order valence-electron chi connectivity index (χ1n) is 12.1. The van der Waals surface area contributed by atoms with Gasteiger partial charge in [0.1, 0.15) is 17.3 Å². The standard InChI is InChI=1S/C28H18F7N3O4S/c1-15-36-25(16-3-6-20(7-4-16)42-28(33,34)35)26(41-15)22-13-17(18-11-19(29)14-21(12-18)43(2,39)40)5-8-23(22)38-10-9-24(37-38)27(30,31)32/h3-14H,1-2H3. The lowest BCUT2D eigenvalue weighted by atomic mass is 9.98. The molecule has 0 bridgehead atoms. The number of halogens is 7. The number of aromatic nitrogens is 3. The Balaban J connectivity index is 1.71. The van der Waals surface area contributed by atoms with Crippen molar-refractivity contribution < 1.29 is 48.3 Å². The molecule has 0 aliphatic carbocycles. The molecule has 7 nitrogen and oxygen atoms in total. The molecule has 0 unspecified atom stereocenters. The smallest absolute Gasteiger partial charge is 0.440 e. The highest BCUT2D eigenvalue weighted by molar-refractivity contribution is 7.90. The molecule has 0 radical (unpaired) electrons. The van der Waals surface area contributed by atoms with E-state index >= 15 is 0 Å². The molecule has 0 amide bonds. The molecule has 3 aromatic carbocycles. The van der Waals surface area contributed by atoms with Crippen molar-refractivity contribution in [3.63, 3.8) is 0 Å². The molecule has 2 heterocycles. The van der Waals surface area contributed by atoms with Crippen LogP contribution in [0, 0.1) is 12.7 Å². The fourth-order valence-electron chi connectivity index (χ4n) is 4.27. The molecule has 15 heteroatoms. The van der Waals surface area contributed by atoms with Gasteiger partial charge in [-0.3, -0.25) is 0 Å². The van der Waals surface area contributed by atoms with Gasteiger partial charge in [-0.1, -0.05) is 6.07 Å². The number of benzene rings is 3. The molecule has 0 aliphatic rings. The summed E-state index contributed by atoms with van der Waals surface area (Å²) in [4.78, 5) is 4.03. The minimum atomic E-state index is -4.92. The molecule has 43 heavy (non-hydrogen) atoms. The van der Waals surface area contributed by atoms with E-state index < -0.39 is 39.6 Å². The van der Waals surface area contributed by atoms with Gasteiger partial charge in [-0.25, -0.2) is 22.5 Å². The molecule has 0 spiro atoms. The molecule has 0 fully saturated rings. The van der Waals surface area contributed by atoms with Crippen LogP contribution in [0.15, 0.2) is 82.2 Å². The summed E-state index contributed by atoms with van der Waals surface area (Å²) in [5.41, 5.74) is -0.191. The van der Waals surface area contributed by atoms with E-state index in [0.29, 0.717) is 0 Å². The molecule has 0 saturated heterocycles. The highest BCUT2D eigenvalue weighted by atomic mass is 32.2. The summed E-state index contributed by atoms with van der Waals surface area (Å²) in [6, 6.07) is 12.8. The van der Waals surface area contributed by atoms with Gasteiger partial charge in [0.2, 0.25) is 0 Å². The van der Waals surface area contributed by atoms with Gasteiger partial charge in [0, 0.05) is 30.5 Å². The Labute approximate surface area is 239 Å². The van der Waals surface area contributed by atoms with Gasteiger partial charge in [-0.15, -0.1) is 13.2 Å². The second-order valence-electron chi connectivity index (χ2n) is 9.31. The van der Waals surface area contributed by atoms with Gasteiger partial charge in [0.15, 0.2) is 27.2 Å². The van der Waals surface area contributed by atoms with Crippen LogP contribution in [0.25, 0.3) is 39.4 Å². The second kappa shape index (κ2) is 10.6. The maximum atomic E-state index is 14.5. The monoisotopic (exact) mass is 625 g/mol. The molecule has 224 valence electrons. The first-order chi connectivity index (χ1) is 20.0. The molecule has 0 saturated carbocycles. The van der Waals surface area contributed by atoms with Gasteiger partial charge in [-0.2, -0.15) is 18.3 Å². The van der Waals surface area contributed by atoms with Crippen LogP contribution in [0.1, 0.15) is 11.6 Å². The molecule has 5 rings (SSSR count). The van der Waals surface area contributed by atoms with Crippen LogP contribution >= 0.6 is 0 Å². The lowest BCUT2D eigenvalue weighted by molar-refractivity contribution is -0.274. The molecule has 0 atom stereocenters. The second-order valence-corrected chi connectivity index (χ2v) is 11.3. The Morgan fingerprint density at radius 1 is 0.860 bits per heavy atom. The van der Waals surface area contributed by atoms with E-state index in [1.165, 1.54) is 43.3 Å². The molecular formula is C28H18F7N3O4S. The molecule has 2 aromatic heterocycles. The molecule has 5 aromatic rings. The molecule has 0 aliphatic heterocycles. The first-order valence-corrected chi connectivity index (χ1v) is 14.0. The Morgan fingerprint density at radius 2 is 1.53 bits per heavy atom. The van der Waals surface area contributed by atoms with Gasteiger partial charge < -0.3 is 9.15 Å². The summed E-state index contributed by atoms with van der Waals surface area (Å²) < 4.78 is 127. The zero-order chi connectivity index (χ0) is 31.3. The number of sulfone groups is 1. The lowest BCUT2D eigenvalue weighted by Crippen LogP contribution is -2.16. The summed E-state index contributed by atoms with van der Waals surface area (Å²) in [5.74, 6) is -1.23. The predicted octanol–water partition coefficient (Wildman–Crippen LogP) is 7.63. The number of nitrogens with zero attached hydrogens (tertiary/aromatic N) is 3. The SMILES string of the molecule is Cc1nc(-c2ccc(OC(F)(F)F)cc2)c(-c2cc(-c3cc(F)cc(S(C)(=O)=O)c3)ccc2-n2ccc(C(F)(F)F)n2)o1. The number of hydrogen-bond donors (Lipinski definition) is 0. The number of ether oxygens (including phenoxy) is 1. The molecular weight excluding hydrogens is 607 g/mol. The average molecular weight is 626 g/mol. The zero-order valence-electron chi connectivity index (χ0n) is 22.0.